The van der Waals surface area contributed by atoms with Crippen LogP contribution < -0.4 is 0 Å². The Labute approximate surface area is 154 Å². The van der Waals surface area contributed by atoms with Crippen LogP contribution in [0, 0.1) is 6.92 Å². The van der Waals surface area contributed by atoms with Crippen molar-refractivity contribution >= 4 is 23.4 Å². The second kappa shape index (κ2) is 7.99. The maximum Gasteiger partial charge on any atom is 0.229 e. The summed E-state index contributed by atoms with van der Waals surface area (Å²) in [5.74, 6) is 1.88. The Morgan fingerprint density at radius 2 is 1.96 bits per heavy atom. The summed E-state index contributed by atoms with van der Waals surface area (Å²) in [5.41, 5.74) is 0.946. The first-order valence-electron chi connectivity index (χ1n) is 7.73. The monoisotopic (exact) mass is 379 g/mol. The maximum atomic E-state index is 5.98. The first-order valence-corrected chi connectivity index (χ1v) is 8.99. The normalized spacial score (nSPS) is 12.5. The van der Waals surface area contributed by atoms with Gasteiger partial charge in [0.05, 0.1) is 18.4 Å². The lowest BCUT2D eigenvalue weighted by atomic mass is 10.2. The highest BCUT2D eigenvalue weighted by Crippen LogP contribution is 2.34. The molecule has 3 aromatic rings. The number of rotatable bonds is 7. The van der Waals surface area contributed by atoms with Crippen molar-refractivity contribution in [3.8, 4) is 11.4 Å². The summed E-state index contributed by atoms with van der Waals surface area (Å²) in [6.07, 6.45) is 0. The fourth-order valence-electron chi connectivity index (χ4n) is 2.26. The van der Waals surface area contributed by atoms with Crippen molar-refractivity contribution < 1.29 is 9.15 Å². The molecule has 1 atom stereocenters. The summed E-state index contributed by atoms with van der Waals surface area (Å²) < 4.78 is 12.8. The van der Waals surface area contributed by atoms with E-state index in [0.717, 1.165) is 16.5 Å². The van der Waals surface area contributed by atoms with Gasteiger partial charge in [0.15, 0.2) is 11.0 Å². The quantitative estimate of drug-likeness (QED) is 0.578. The van der Waals surface area contributed by atoms with Crippen LogP contribution in [0.4, 0.5) is 0 Å². The zero-order valence-corrected chi connectivity index (χ0v) is 15.7. The van der Waals surface area contributed by atoms with E-state index in [0.29, 0.717) is 30.0 Å². The zero-order chi connectivity index (χ0) is 17.8. The van der Waals surface area contributed by atoms with Gasteiger partial charge in [-0.3, -0.25) is 4.57 Å². The van der Waals surface area contributed by atoms with E-state index in [4.69, 9.17) is 20.8 Å². The van der Waals surface area contributed by atoms with Gasteiger partial charge in [0.1, 0.15) is 0 Å². The van der Waals surface area contributed by atoms with Crippen molar-refractivity contribution in [2.24, 2.45) is 0 Å². The zero-order valence-electron chi connectivity index (χ0n) is 14.1. The lowest BCUT2D eigenvalue weighted by Gasteiger charge is -2.11. The van der Waals surface area contributed by atoms with Gasteiger partial charge in [-0.2, -0.15) is 0 Å². The molecular formula is C16H18ClN5O2S. The molecule has 0 aliphatic heterocycles. The van der Waals surface area contributed by atoms with E-state index in [-0.39, 0.29) is 5.25 Å². The van der Waals surface area contributed by atoms with Gasteiger partial charge >= 0.3 is 0 Å². The van der Waals surface area contributed by atoms with Crippen LogP contribution >= 0.6 is 23.4 Å². The molecule has 2 aromatic heterocycles. The number of hydrogen-bond donors (Lipinski definition) is 0. The van der Waals surface area contributed by atoms with Gasteiger partial charge in [-0.05, 0) is 31.2 Å². The van der Waals surface area contributed by atoms with Crippen LogP contribution in [-0.4, -0.2) is 38.7 Å². The lowest BCUT2D eigenvalue weighted by Crippen LogP contribution is -2.08. The summed E-state index contributed by atoms with van der Waals surface area (Å²) >= 11 is 7.49. The summed E-state index contributed by atoms with van der Waals surface area (Å²) in [6, 6.07) is 7.52. The number of benzene rings is 1. The van der Waals surface area contributed by atoms with Crippen LogP contribution in [0.1, 0.15) is 24.0 Å². The number of ether oxygens (including phenoxy) is 1. The van der Waals surface area contributed by atoms with Crippen LogP contribution in [0.5, 0.6) is 0 Å². The molecule has 132 valence electrons. The highest BCUT2D eigenvalue weighted by Gasteiger charge is 2.20. The molecule has 0 unspecified atom stereocenters. The summed E-state index contributed by atoms with van der Waals surface area (Å²) in [5, 5.41) is 18.1. The van der Waals surface area contributed by atoms with Crippen LogP contribution in [0.15, 0.2) is 33.8 Å². The Kier molecular flexibility index (Phi) is 5.72. The molecule has 3 rings (SSSR count). The Morgan fingerprint density at radius 3 is 2.60 bits per heavy atom. The SMILES string of the molecule is COCCn1c(S[C@@H](C)c2nnc(C)o2)nnc1-c1ccc(Cl)cc1. The van der Waals surface area contributed by atoms with Gasteiger partial charge in [-0.1, -0.05) is 23.4 Å². The fraction of sp³-hybridized carbons (Fsp3) is 0.375. The van der Waals surface area contributed by atoms with E-state index in [2.05, 4.69) is 20.4 Å². The average molecular weight is 380 g/mol. The molecule has 0 saturated carbocycles. The van der Waals surface area contributed by atoms with Crippen LogP contribution in [0.2, 0.25) is 5.02 Å². The predicted octanol–water partition coefficient (Wildman–Crippen LogP) is 3.79. The second-order valence-electron chi connectivity index (χ2n) is 5.38. The van der Waals surface area contributed by atoms with Gasteiger partial charge in [-0.25, -0.2) is 0 Å². The number of aromatic nitrogens is 5. The molecule has 0 N–H and O–H groups in total. The fourth-order valence-corrected chi connectivity index (χ4v) is 3.29. The minimum Gasteiger partial charge on any atom is -0.424 e. The average Bonchev–Trinajstić information content (AvgIpc) is 3.20. The Bertz CT molecular complexity index is 833. The van der Waals surface area contributed by atoms with Crippen molar-refractivity contribution in [3.63, 3.8) is 0 Å². The third kappa shape index (κ3) is 4.20. The van der Waals surface area contributed by atoms with E-state index in [1.54, 1.807) is 14.0 Å². The predicted molar refractivity (Wildman–Crippen MR) is 95.7 cm³/mol. The molecule has 0 amide bonds. The van der Waals surface area contributed by atoms with Crippen LogP contribution in [-0.2, 0) is 11.3 Å². The minimum absolute atomic E-state index is 0.0373. The standard InChI is InChI=1S/C16H18ClN5O2S/c1-10(15-20-18-11(2)24-15)25-16-21-19-14(22(16)8-9-23-3)12-4-6-13(17)7-5-12/h4-7,10H,8-9H2,1-3H3/t10-/m0/s1. The highest BCUT2D eigenvalue weighted by molar-refractivity contribution is 7.99. The first kappa shape index (κ1) is 17.9. The lowest BCUT2D eigenvalue weighted by molar-refractivity contribution is 0.185. The Balaban J connectivity index is 1.89. The van der Waals surface area contributed by atoms with Gasteiger partial charge in [-0.15, -0.1) is 20.4 Å². The van der Waals surface area contributed by atoms with Crippen molar-refractivity contribution in [3.05, 3.63) is 41.1 Å². The molecule has 0 fully saturated rings. The first-order chi connectivity index (χ1) is 12.1. The van der Waals surface area contributed by atoms with Gasteiger partial charge < -0.3 is 9.15 Å². The number of methoxy groups -OCH3 is 1. The molecule has 25 heavy (non-hydrogen) atoms. The molecule has 0 aliphatic carbocycles. The highest BCUT2D eigenvalue weighted by atomic mass is 35.5. The topological polar surface area (TPSA) is 78.9 Å². The molecule has 0 radical (unpaired) electrons. The summed E-state index contributed by atoms with van der Waals surface area (Å²) in [6.45, 7) is 4.96. The van der Waals surface area contributed by atoms with Gasteiger partial charge in [0, 0.05) is 24.6 Å². The van der Waals surface area contributed by atoms with E-state index in [1.165, 1.54) is 11.8 Å². The molecule has 7 nitrogen and oxygen atoms in total. The van der Waals surface area contributed by atoms with Crippen LogP contribution in [0.3, 0.4) is 0 Å². The number of thioether (sulfide) groups is 1. The van der Waals surface area contributed by atoms with Crippen molar-refractivity contribution in [2.75, 3.05) is 13.7 Å². The molecule has 2 heterocycles. The number of aryl methyl sites for hydroxylation is 1. The van der Waals surface area contributed by atoms with Crippen LogP contribution in [0.25, 0.3) is 11.4 Å². The third-order valence-corrected chi connectivity index (χ3v) is 4.83. The third-order valence-electron chi connectivity index (χ3n) is 3.51. The maximum absolute atomic E-state index is 5.98. The van der Waals surface area contributed by atoms with Crippen molar-refractivity contribution in [1.29, 1.82) is 0 Å². The molecule has 0 aliphatic rings. The minimum atomic E-state index is -0.0373. The van der Waals surface area contributed by atoms with Gasteiger partial charge in [0.2, 0.25) is 11.8 Å². The van der Waals surface area contributed by atoms with E-state index in [9.17, 15) is 0 Å². The van der Waals surface area contributed by atoms with Crippen molar-refractivity contribution in [1.82, 2.24) is 25.0 Å². The number of hydrogen-bond acceptors (Lipinski definition) is 7. The number of halogens is 1. The molecule has 0 bridgehead atoms. The van der Waals surface area contributed by atoms with Gasteiger partial charge in [0.25, 0.3) is 0 Å². The smallest absolute Gasteiger partial charge is 0.229 e. The van der Waals surface area contributed by atoms with E-state index >= 15 is 0 Å². The second-order valence-corrected chi connectivity index (χ2v) is 7.12. The van der Waals surface area contributed by atoms with E-state index in [1.807, 2.05) is 35.8 Å². The number of nitrogens with zero attached hydrogens (tertiary/aromatic N) is 5. The van der Waals surface area contributed by atoms with Crippen molar-refractivity contribution in [2.45, 2.75) is 30.8 Å². The van der Waals surface area contributed by atoms with E-state index < -0.39 is 0 Å². The summed E-state index contributed by atoms with van der Waals surface area (Å²) in [7, 11) is 1.67. The molecular weight excluding hydrogens is 362 g/mol. The largest absolute Gasteiger partial charge is 0.424 e. The molecule has 9 heteroatoms. The molecule has 1 aromatic carbocycles. The molecule has 0 saturated heterocycles. The molecule has 0 spiro atoms. The Hall–Kier alpha value is -1.90. The Morgan fingerprint density at radius 1 is 1.20 bits per heavy atom. The summed E-state index contributed by atoms with van der Waals surface area (Å²) in [4.78, 5) is 0.